The number of nitrogens with zero attached hydrogens (tertiary/aromatic N) is 1. The fraction of sp³-hybridized carbons (Fsp3) is 0.579. The number of hydrazine groups is 1. The molecular weight excluding hydrogens is 318 g/mol. The zero-order valence-corrected chi connectivity index (χ0v) is 14.7. The van der Waals surface area contributed by atoms with Gasteiger partial charge in [-0.15, -0.1) is 0 Å². The van der Waals surface area contributed by atoms with Gasteiger partial charge in [-0.05, 0) is 38.2 Å². The van der Waals surface area contributed by atoms with E-state index >= 15 is 0 Å². The maximum absolute atomic E-state index is 12.7. The maximum Gasteiger partial charge on any atom is 0.241 e. The Labute approximate surface area is 148 Å². The number of carbonyl (C=O) groups is 2. The number of Topliss-reactive ketones (excluding diaryl/α,β-unsaturated/α-hetero) is 1. The Hall–Kier alpha value is -1.76. The molecule has 25 heavy (non-hydrogen) atoms. The quantitative estimate of drug-likeness (QED) is 0.807. The Bertz CT molecular complexity index is 593. The van der Waals surface area contributed by atoms with Gasteiger partial charge in [0.1, 0.15) is 11.8 Å². The second-order valence-corrected chi connectivity index (χ2v) is 6.90. The third-order valence-electron chi connectivity index (χ3n) is 4.98. The lowest BCUT2D eigenvalue weighted by Gasteiger charge is -2.34. The lowest BCUT2D eigenvalue weighted by Crippen LogP contribution is -2.52. The van der Waals surface area contributed by atoms with Crippen LogP contribution >= 0.6 is 0 Å². The van der Waals surface area contributed by atoms with Crippen LogP contribution in [0.5, 0.6) is 0 Å². The van der Waals surface area contributed by atoms with Crippen LogP contribution in [-0.4, -0.2) is 54.5 Å². The number of hydrogen-bond donors (Lipinski definition) is 2. The summed E-state index contributed by atoms with van der Waals surface area (Å²) in [5.41, 5.74) is 7.21. The molecule has 0 aromatic heterocycles. The summed E-state index contributed by atoms with van der Waals surface area (Å²) in [6.45, 7) is 3.38. The van der Waals surface area contributed by atoms with Gasteiger partial charge in [0.2, 0.25) is 5.91 Å². The first-order valence-electron chi connectivity index (χ1n) is 9.09. The lowest BCUT2D eigenvalue weighted by molar-refractivity contribution is -0.141. The van der Waals surface area contributed by atoms with Crippen LogP contribution in [0.2, 0.25) is 0 Å². The summed E-state index contributed by atoms with van der Waals surface area (Å²) in [5, 5.41) is 0. The summed E-state index contributed by atoms with van der Waals surface area (Å²) in [5.74, 6) is 0.121. The minimum Gasteiger partial charge on any atom is -0.375 e. The first-order chi connectivity index (χ1) is 12.1. The zero-order chi connectivity index (χ0) is 17.6. The second-order valence-electron chi connectivity index (χ2n) is 6.90. The summed E-state index contributed by atoms with van der Waals surface area (Å²) < 4.78 is 5.83. The smallest absolute Gasteiger partial charge is 0.241 e. The topological polar surface area (TPSA) is 70.7 Å². The van der Waals surface area contributed by atoms with E-state index in [1.807, 2.05) is 11.0 Å². The van der Waals surface area contributed by atoms with E-state index in [1.165, 1.54) is 5.56 Å². The number of ether oxygens (including phenoxy) is 1. The largest absolute Gasteiger partial charge is 0.375 e. The van der Waals surface area contributed by atoms with E-state index in [9.17, 15) is 9.59 Å². The molecule has 2 aliphatic heterocycles. The van der Waals surface area contributed by atoms with Crippen LogP contribution in [0.4, 0.5) is 0 Å². The number of amides is 1. The summed E-state index contributed by atoms with van der Waals surface area (Å²) in [6, 6.07) is 9.84. The highest BCUT2D eigenvalue weighted by atomic mass is 16.5. The van der Waals surface area contributed by atoms with Crippen LogP contribution in [0.1, 0.15) is 31.7 Å². The average molecular weight is 345 g/mol. The minimum atomic E-state index is -0.322. The van der Waals surface area contributed by atoms with E-state index < -0.39 is 0 Å². The monoisotopic (exact) mass is 345 g/mol. The van der Waals surface area contributed by atoms with E-state index in [0.717, 1.165) is 19.3 Å². The SMILES string of the molecule is CC(=O)C1CC(C(=O)N2CCOC(CCCc3ccccc3)C2)NN1. The summed E-state index contributed by atoms with van der Waals surface area (Å²) in [6.07, 6.45) is 3.64. The van der Waals surface area contributed by atoms with Crippen molar-refractivity contribution in [3.63, 3.8) is 0 Å². The first kappa shape index (κ1) is 18.0. The van der Waals surface area contributed by atoms with Crippen molar-refractivity contribution in [1.82, 2.24) is 15.8 Å². The molecule has 0 radical (unpaired) electrons. The maximum atomic E-state index is 12.7. The number of carbonyl (C=O) groups excluding carboxylic acids is 2. The summed E-state index contributed by atoms with van der Waals surface area (Å²) >= 11 is 0. The molecule has 0 saturated carbocycles. The van der Waals surface area contributed by atoms with Crippen molar-refractivity contribution in [2.75, 3.05) is 19.7 Å². The van der Waals surface area contributed by atoms with Crippen molar-refractivity contribution in [2.24, 2.45) is 0 Å². The summed E-state index contributed by atoms with van der Waals surface area (Å²) in [4.78, 5) is 26.0. The molecule has 1 aromatic carbocycles. The molecule has 1 amide bonds. The fourth-order valence-electron chi connectivity index (χ4n) is 3.48. The molecule has 2 fully saturated rings. The van der Waals surface area contributed by atoms with Crippen molar-refractivity contribution in [2.45, 2.75) is 50.8 Å². The van der Waals surface area contributed by atoms with Gasteiger partial charge >= 0.3 is 0 Å². The number of hydrogen-bond acceptors (Lipinski definition) is 5. The molecule has 3 atom stereocenters. The molecule has 1 aromatic rings. The predicted octanol–water partition coefficient (Wildman–Crippen LogP) is 1.06. The Kier molecular flexibility index (Phi) is 6.18. The second kappa shape index (κ2) is 8.56. The van der Waals surface area contributed by atoms with Gasteiger partial charge in [-0.2, -0.15) is 0 Å². The predicted molar refractivity (Wildman–Crippen MR) is 94.8 cm³/mol. The Morgan fingerprint density at radius 1 is 1.20 bits per heavy atom. The molecule has 3 rings (SSSR count). The number of aryl methyl sites for hydroxylation is 1. The van der Waals surface area contributed by atoms with E-state index in [1.54, 1.807) is 6.92 Å². The van der Waals surface area contributed by atoms with Gasteiger partial charge in [-0.25, -0.2) is 10.9 Å². The van der Waals surface area contributed by atoms with Gasteiger partial charge in [0, 0.05) is 13.1 Å². The van der Waals surface area contributed by atoms with Gasteiger partial charge in [0.15, 0.2) is 0 Å². The highest BCUT2D eigenvalue weighted by molar-refractivity contribution is 5.86. The number of rotatable bonds is 6. The van der Waals surface area contributed by atoms with E-state index in [2.05, 4.69) is 35.1 Å². The van der Waals surface area contributed by atoms with Crippen molar-refractivity contribution < 1.29 is 14.3 Å². The van der Waals surface area contributed by atoms with Crippen molar-refractivity contribution in [3.8, 4) is 0 Å². The Balaban J connectivity index is 1.44. The molecule has 2 heterocycles. The number of morpholine rings is 1. The number of ketones is 1. The third-order valence-corrected chi connectivity index (χ3v) is 4.98. The van der Waals surface area contributed by atoms with Crippen molar-refractivity contribution in [1.29, 1.82) is 0 Å². The van der Waals surface area contributed by atoms with Crippen LogP contribution in [0.15, 0.2) is 30.3 Å². The van der Waals surface area contributed by atoms with Crippen LogP contribution in [0, 0.1) is 0 Å². The standard InChI is InChI=1S/C19H27N3O3/c1-14(23)17-12-18(21-20-17)19(24)22-10-11-25-16(13-22)9-5-8-15-6-3-2-4-7-15/h2-4,6-7,16-18,20-21H,5,8-13H2,1H3. The molecule has 0 aliphatic carbocycles. The number of benzene rings is 1. The van der Waals surface area contributed by atoms with E-state index in [0.29, 0.717) is 26.1 Å². The van der Waals surface area contributed by atoms with Crippen LogP contribution in [-0.2, 0) is 20.7 Å². The minimum absolute atomic E-state index is 0.0589. The molecular formula is C19H27N3O3. The molecule has 136 valence electrons. The van der Waals surface area contributed by atoms with Gasteiger partial charge in [-0.3, -0.25) is 9.59 Å². The normalized spacial score (nSPS) is 26.6. The molecule has 3 unspecified atom stereocenters. The number of nitrogens with one attached hydrogen (secondary N) is 2. The van der Waals surface area contributed by atoms with Crippen LogP contribution in [0.3, 0.4) is 0 Å². The fourth-order valence-corrected chi connectivity index (χ4v) is 3.48. The Morgan fingerprint density at radius 3 is 2.68 bits per heavy atom. The molecule has 2 aliphatic rings. The molecule has 2 N–H and O–H groups in total. The molecule has 6 nitrogen and oxygen atoms in total. The molecule has 2 saturated heterocycles. The van der Waals surface area contributed by atoms with Gasteiger partial charge in [-0.1, -0.05) is 30.3 Å². The van der Waals surface area contributed by atoms with Crippen LogP contribution in [0.25, 0.3) is 0 Å². The van der Waals surface area contributed by atoms with Gasteiger partial charge in [0.25, 0.3) is 0 Å². The molecule has 0 bridgehead atoms. The highest BCUT2D eigenvalue weighted by Crippen LogP contribution is 2.16. The zero-order valence-electron chi connectivity index (χ0n) is 14.7. The average Bonchev–Trinajstić information content (AvgIpc) is 3.13. The van der Waals surface area contributed by atoms with Gasteiger partial charge < -0.3 is 9.64 Å². The Morgan fingerprint density at radius 2 is 1.96 bits per heavy atom. The summed E-state index contributed by atoms with van der Waals surface area (Å²) in [7, 11) is 0. The van der Waals surface area contributed by atoms with E-state index in [4.69, 9.17) is 4.74 Å². The van der Waals surface area contributed by atoms with E-state index in [-0.39, 0.29) is 29.9 Å². The van der Waals surface area contributed by atoms with Gasteiger partial charge in [0.05, 0.1) is 18.8 Å². The van der Waals surface area contributed by atoms with Crippen molar-refractivity contribution in [3.05, 3.63) is 35.9 Å². The first-order valence-corrected chi connectivity index (χ1v) is 9.09. The highest BCUT2D eigenvalue weighted by Gasteiger charge is 2.35. The third kappa shape index (κ3) is 4.87. The van der Waals surface area contributed by atoms with Crippen LogP contribution < -0.4 is 10.9 Å². The molecule has 0 spiro atoms. The molecule has 6 heteroatoms. The lowest BCUT2D eigenvalue weighted by atomic mass is 10.0. The van der Waals surface area contributed by atoms with Crippen molar-refractivity contribution >= 4 is 11.7 Å².